The van der Waals surface area contributed by atoms with Crippen LogP contribution in [0.3, 0.4) is 0 Å². The zero-order valence-corrected chi connectivity index (χ0v) is 16.1. The van der Waals surface area contributed by atoms with E-state index < -0.39 is 5.91 Å². The Morgan fingerprint density at radius 3 is 2.63 bits per heavy atom. The van der Waals surface area contributed by atoms with Crippen LogP contribution in [0.15, 0.2) is 53.1 Å². The molecule has 8 nitrogen and oxygen atoms in total. The maximum Gasteiger partial charge on any atom is 0.226 e. The van der Waals surface area contributed by atoms with Crippen molar-refractivity contribution in [2.75, 3.05) is 11.9 Å². The maximum atomic E-state index is 13.0. The average molecular weight is 412 g/mol. The Hall–Kier alpha value is -3.75. The first kappa shape index (κ1) is 21.0. The van der Waals surface area contributed by atoms with E-state index in [-0.39, 0.29) is 31.2 Å². The van der Waals surface area contributed by atoms with Gasteiger partial charge in [-0.2, -0.15) is 4.98 Å². The molecule has 2 amide bonds. The number of halogens is 1. The molecule has 3 aromatic rings. The molecule has 0 spiro atoms. The molecule has 30 heavy (non-hydrogen) atoms. The number of carbonyl (C=O) groups excluding carboxylic acids is 2. The molecular weight excluding hydrogens is 391 g/mol. The van der Waals surface area contributed by atoms with Gasteiger partial charge in [-0.1, -0.05) is 17.3 Å². The lowest BCUT2D eigenvalue weighted by molar-refractivity contribution is -0.118. The van der Waals surface area contributed by atoms with Crippen LogP contribution in [-0.4, -0.2) is 28.6 Å². The molecule has 9 heteroatoms. The number of nitrogens with one attached hydrogen (secondary N) is 1. The zero-order valence-electron chi connectivity index (χ0n) is 16.1. The van der Waals surface area contributed by atoms with Gasteiger partial charge in [-0.25, -0.2) is 4.39 Å². The van der Waals surface area contributed by atoms with Crippen molar-refractivity contribution in [3.05, 3.63) is 60.2 Å². The maximum absolute atomic E-state index is 13.0. The summed E-state index contributed by atoms with van der Waals surface area (Å²) >= 11 is 0. The van der Waals surface area contributed by atoms with Crippen molar-refractivity contribution in [1.29, 1.82) is 0 Å². The topological polar surface area (TPSA) is 120 Å². The van der Waals surface area contributed by atoms with E-state index in [4.69, 9.17) is 15.0 Å². The Morgan fingerprint density at radius 1 is 1.10 bits per heavy atom. The second-order valence-electron chi connectivity index (χ2n) is 6.48. The normalized spacial score (nSPS) is 10.6. The molecule has 1 aromatic heterocycles. The number of benzene rings is 2. The lowest BCUT2D eigenvalue weighted by Crippen LogP contribution is -2.16. The highest BCUT2D eigenvalue weighted by Gasteiger charge is 2.11. The van der Waals surface area contributed by atoms with E-state index in [0.717, 1.165) is 0 Å². The molecule has 0 aliphatic rings. The van der Waals surface area contributed by atoms with Crippen molar-refractivity contribution in [3.63, 3.8) is 0 Å². The Labute approximate surface area is 172 Å². The fourth-order valence-corrected chi connectivity index (χ4v) is 2.64. The highest BCUT2D eigenvalue weighted by atomic mass is 19.1. The van der Waals surface area contributed by atoms with Crippen molar-refractivity contribution in [2.24, 2.45) is 5.73 Å². The average Bonchev–Trinajstić information content (AvgIpc) is 3.18. The van der Waals surface area contributed by atoms with Crippen LogP contribution in [0.1, 0.15) is 25.2 Å². The van der Waals surface area contributed by atoms with Gasteiger partial charge in [0.05, 0.1) is 18.7 Å². The fourth-order valence-electron chi connectivity index (χ4n) is 2.64. The zero-order chi connectivity index (χ0) is 21.3. The van der Waals surface area contributed by atoms with Crippen molar-refractivity contribution < 1.29 is 23.2 Å². The summed E-state index contributed by atoms with van der Waals surface area (Å²) in [7, 11) is 0. The number of hydrogen-bond donors (Lipinski definition) is 2. The predicted octanol–water partition coefficient (Wildman–Crippen LogP) is 3.09. The molecule has 3 N–H and O–H groups in total. The van der Waals surface area contributed by atoms with Crippen LogP contribution in [0, 0.1) is 5.82 Å². The first-order valence-corrected chi connectivity index (χ1v) is 9.40. The van der Waals surface area contributed by atoms with Gasteiger partial charge in [-0.05, 0) is 42.8 Å². The Balaban J connectivity index is 1.48. The lowest BCUT2D eigenvalue weighted by atomic mass is 10.2. The first-order chi connectivity index (χ1) is 14.5. The summed E-state index contributed by atoms with van der Waals surface area (Å²) in [4.78, 5) is 27.3. The molecule has 0 unspecified atom stereocenters. The summed E-state index contributed by atoms with van der Waals surface area (Å²) in [5.41, 5.74) is 6.26. The van der Waals surface area contributed by atoms with E-state index in [1.165, 1.54) is 12.1 Å². The van der Waals surface area contributed by atoms with Crippen LogP contribution in [0.25, 0.3) is 11.4 Å². The summed E-state index contributed by atoms with van der Waals surface area (Å²) in [5, 5.41) is 6.66. The third-order valence-corrected chi connectivity index (χ3v) is 4.13. The number of hydrogen-bond acceptors (Lipinski definition) is 6. The number of para-hydroxylation sites is 2. The van der Waals surface area contributed by atoms with Gasteiger partial charge in [0.25, 0.3) is 0 Å². The number of amides is 2. The monoisotopic (exact) mass is 412 g/mol. The van der Waals surface area contributed by atoms with Gasteiger partial charge in [-0.3, -0.25) is 9.59 Å². The van der Waals surface area contributed by atoms with Gasteiger partial charge in [-0.15, -0.1) is 0 Å². The summed E-state index contributed by atoms with van der Waals surface area (Å²) in [6, 6.07) is 12.7. The summed E-state index contributed by atoms with van der Waals surface area (Å²) in [5.74, 6) is 0.245. The molecule has 3 rings (SSSR count). The van der Waals surface area contributed by atoms with Crippen molar-refractivity contribution in [3.8, 4) is 17.1 Å². The predicted molar refractivity (Wildman–Crippen MR) is 107 cm³/mol. The highest BCUT2D eigenvalue weighted by molar-refractivity contribution is 5.92. The van der Waals surface area contributed by atoms with Crippen molar-refractivity contribution >= 4 is 17.5 Å². The number of anilines is 1. The number of aromatic nitrogens is 2. The fraction of sp³-hybridized carbons (Fsp3) is 0.238. The first-order valence-electron chi connectivity index (χ1n) is 9.40. The number of carbonyl (C=O) groups is 2. The van der Waals surface area contributed by atoms with E-state index in [2.05, 4.69) is 15.5 Å². The summed E-state index contributed by atoms with van der Waals surface area (Å²) in [6.07, 6.45) is 1.26. The molecule has 0 bridgehead atoms. The van der Waals surface area contributed by atoms with E-state index in [9.17, 15) is 14.0 Å². The minimum absolute atomic E-state index is 0.0897. The standard InChI is InChI=1S/C21H21FN4O4/c22-15-10-8-14(9-11-15)21-25-20(30-26-21)7-3-6-19(28)24-16-4-1-2-5-17(16)29-13-12-18(23)27/h1-2,4-5,8-11H,3,6-7,12-13H2,(H2,23,27)(H,24,28). The molecule has 156 valence electrons. The molecule has 1 heterocycles. The van der Waals surface area contributed by atoms with Gasteiger partial charge in [0.2, 0.25) is 23.5 Å². The van der Waals surface area contributed by atoms with Gasteiger partial charge < -0.3 is 20.3 Å². The van der Waals surface area contributed by atoms with Crippen LogP contribution in [0.2, 0.25) is 0 Å². The summed E-state index contributed by atoms with van der Waals surface area (Å²) < 4.78 is 23.7. The van der Waals surface area contributed by atoms with Crippen molar-refractivity contribution in [1.82, 2.24) is 10.1 Å². The molecule has 0 aliphatic carbocycles. The third kappa shape index (κ3) is 6.13. The van der Waals surface area contributed by atoms with Gasteiger partial charge in [0, 0.05) is 18.4 Å². The SMILES string of the molecule is NC(=O)CCOc1ccccc1NC(=O)CCCc1nc(-c2ccc(F)cc2)no1. The molecule has 0 atom stereocenters. The number of ether oxygens (including phenoxy) is 1. The second kappa shape index (κ2) is 10.1. The molecule has 0 radical (unpaired) electrons. The number of nitrogens with zero attached hydrogens (tertiary/aromatic N) is 2. The number of nitrogens with two attached hydrogens (primary N) is 1. The molecule has 2 aromatic carbocycles. The highest BCUT2D eigenvalue weighted by Crippen LogP contribution is 2.24. The van der Waals surface area contributed by atoms with Crippen molar-refractivity contribution in [2.45, 2.75) is 25.7 Å². The molecule has 0 aliphatic heterocycles. The quantitative estimate of drug-likeness (QED) is 0.528. The van der Waals surface area contributed by atoms with Gasteiger partial charge in [0.1, 0.15) is 11.6 Å². The van der Waals surface area contributed by atoms with Crippen LogP contribution >= 0.6 is 0 Å². The van der Waals surface area contributed by atoms with Crippen LogP contribution in [0.4, 0.5) is 10.1 Å². The van der Waals surface area contributed by atoms with Gasteiger partial charge in [0.15, 0.2) is 0 Å². The molecule has 0 saturated carbocycles. The van der Waals surface area contributed by atoms with Crippen LogP contribution in [0.5, 0.6) is 5.75 Å². The minimum Gasteiger partial charge on any atom is -0.491 e. The lowest BCUT2D eigenvalue weighted by Gasteiger charge is -2.11. The third-order valence-electron chi connectivity index (χ3n) is 4.13. The molecule has 0 fully saturated rings. The number of primary amides is 1. The minimum atomic E-state index is -0.458. The van der Waals surface area contributed by atoms with Crippen LogP contribution in [-0.2, 0) is 16.0 Å². The molecular formula is C21H21FN4O4. The largest absolute Gasteiger partial charge is 0.491 e. The van der Waals surface area contributed by atoms with E-state index >= 15 is 0 Å². The Bertz CT molecular complexity index is 1000. The van der Waals surface area contributed by atoms with E-state index in [1.807, 2.05) is 0 Å². The van der Waals surface area contributed by atoms with Gasteiger partial charge >= 0.3 is 0 Å². The smallest absolute Gasteiger partial charge is 0.226 e. The number of rotatable bonds is 10. The summed E-state index contributed by atoms with van der Waals surface area (Å²) in [6.45, 7) is 0.135. The second-order valence-corrected chi connectivity index (χ2v) is 6.48. The van der Waals surface area contributed by atoms with E-state index in [0.29, 0.717) is 41.6 Å². The Morgan fingerprint density at radius 2 is 1.87 bits per heavy atom. The van der Waals surface area contributed by atoms with Crippen LogP contribution < -0.4 is 15.8 Å². The van der Waals surface area contributed by atoms with E-state index in [1.54, 1.807) is 36.4 Å². The Kier molecular flexibility index (Phi) is 7.09. The number of aryl methyl sites for hydroxylation is 1. The molecule has 0 saturated heterocycles.